The van der Waals surface area contributed by atoms with Gasteiger partial charge in [0.2, 0.25) is 5.78 Å². The van der Waals surface area contributed by atoms with E-state index < -0.39 is 11.6 Å². The maximum atomic E-state index is 15.5. The topological polar surface area (TPSA) is 111 Å². The lowest BCUT2D eigenvalue weighted by atomic mass is 10.0. The average molecular weight is 727 g/mol. The molecule has 5 aromatic rings. The standard InChI is InChI=1S/C41H48F2N6O4/c1-4-8-29(9-5-2)52-39-22-27-21-34(46-33(27)24-36(39)48-14-12-28(13-15-48)47-16-18-51-19-17-47)40(50)30-25-45-49(41(30)44)35-20-26(3)38(23-32(35)43)53-37-11-7-6-10-31(37)42/h6-7,10-11,20-25,28-29,46H,4-5,8-9,12-19,44H2,1-3H3. The van der Waals surface area contributed by atoms with Crippen LogP contribution in [0.4, 0.5) is 20.3 Å². The van der Waals surface area contributed by atoms with Gasteiger partial charge in [-0.25, -0.2) is 13.5 Å². The van der Waals surface area contributed by atoms with Crippen LogP contribution in [0.15, 0.2) is 60.8 Å². The molecule has 2 saturated heterocycles. The monoisotopic (exact) mass is 726 g/mol. The number of aromatic amines is 1. The minimum atomic E-state index is -0.695. The summed E-state index contributed by atoms with van der Waals surface area (Å²) in [4.78, 5) is 22.3. The van der Waals surface area contributed by atoms with Crippen LogP contribution in [0.3, 0.4) is 0 Å². The SMILES string of the molecule is CCCC(CCC)Oc1cc2cc(C(=O)c3cnn(-c4cc(C)c(Oc5ccccc5F)cc4F)c3N)[nH]c2cc1N1CCC(N2CCOCC2)CC1. The maximum Gasteiger partial charge on any atom is 0.214 e. The predicted molar refractivity (Wildman–Crippen MR) is 203 cm³/mol. The molecule has 0 radical (unpaired) electrons. The van der Waals surface area contributed by atoms with Crippen molar-refractivity contribution in [3.05, 3.63) is 89.2 Å². The Labute approximate surface area is 308 Å². The van der Waals surface area contributed by atoms with Crippen molar-refractivity contribution in [1.82, 2.24) is 19.7 Å². The number of carbonyl (C=O) groups is 1. The highest BCUT2D eigenvalue weighted by Gasteiger charge is 2.29. The lowest BCUT2D eigenvalue weighted by Gasteiger charge is -2.41. The van der Waals surface area contributed by atoms with E-state index in [9.17, 15) is 9.18 Å². The van der Waals surface area contributed by atoms with Gasteiger partial charge in [-0.05, 0) is 74.6 Å². The second kappa shape index (κ2) is 16.0. The number of aryl methyl sites for hydroxylation is 1. The van der Waals surface area contributed by atoms with Crippen LogP contribution in [0, 0.1) is 18.6 Å². The third-order valence-electron chi connectivity index (χ3n) is 10.4. The number of hydrogen-bond donors (Lipinski definition) is 2. The number of anilines is 2. The second-order valence-electron chi connectivity index (χ2n) is 14.1. The highest BCUT2D eigenvalue weighted by molar-refractivity contribution is 6.12. The smallest absolute Gasteiger partial charge is 0.214 e. The van der Waals surface area contributed by atoms with Crippen LogP contribution < -0.4 is 20.1 Å². The molecular weight excluding hydrogens is 678 g/mol. The number of hydrogen-bond acceptors (Lipinski definition) is 8. The summed E-state index contributed by atoms with van der Waals surface area (Å²) in [5.41, 5.74) is 9.34. The number of nitrogens with two attached hydrogens (primary N) is 1. The zero-order chi connectivity index (χ0) is 37.1. The Balaban J connectivity index is 1.15. The van der Waals surface area contributed by atoms with Gasteiger partial charge in [0.15, 0.2) is 17.4 Å². The van der Waals surface area contributed by atoms with Crippen molar-refractivity contribution in [2.45, 2.75) is 71.4 Å². The summed E-state index contributed by atoms with van der Waals surface area (Å²) >= 11 is 0. The van der Waals surface area contributed by atoms with Crippen LogP contribution >= 0.6 is 0 Å². The normalized spacial score (nSPS) is 15.8. The average Bonchev–Trinajstić information content (AvgIpc) is 3.77. The van der Waals surface area contributed by atoms with Crippen LogP contribution in [0.1, 0.15) is 74.0 Å². The zero-order valence-corrected chi connectivity index (χ0v) is 30.7. The largest absolute Gasteiger partial charge is 0.488 e. The van der Waals surface area contributed by atoms with E-state index >= 15 is 4.39 Å². The van der Waals surface area contributed by atoms with Crippen molar-refractivity contribution in [2.24, 2.45) is 0 Å². The Morgan fingerprint density at radius 1 is 0.943 bits per heavy atom. The van der Waals surface area contributed by atoms with E-state index in [1.165, 1.54) is 29.1 Å². The van der Waals surface area contributed by atoms with Crippen LogP contribution in [-0.2, 0) is 4.74 Å². The number of rotatable bonds is 13. The molecule has 53 heavy (non-hydrogen) atoms. The fourth-order valence-electron chi connectivity index (χ4n) is 7.55. The molecule has 0 bridgehead atoms. The molecule has 2 aliphatic heterocycles. The van der Waals surface area contributed by atoms with Crippen LogP contribution in [0.25, 0.3) is 16.6 Å². The molecular formula is C41H48F2N6O4. The van der Waals surface area contributed by atoms with Gasteiger partial charge in [0.05, 0.1) is 42.5 Å². The van der Waals surface area contributed by atoms with Gasteiger partial charge in [0, 0.05) is 49.2 Å². The van der Waals surface area contributed by atoms with Crippen molar-refractivity contribution in [3.8, 4) is 22.9 Å². The third-order valence-corrected chi connectivity index (χ3v) is 10.4. The van der Waals surface area contributed by atoms with E-state index in [2.05, 4.69) is 39.8 Å². The summed E-state index contributed by atoms with van der Waals surface area (Å²) in [5.74, 6) is -0.678. The summed E-state index contributed by atoms with van der Waals surface area (Å²) < 4.78 is 48.9. The second-order valence-corrected chi connectivity index (χ2v) is 14.1. The number of benzene rings is 3. The minimum absolute atomic E-state index is 0.00967. The first-order valence-electron chi connectivity index (χ1n) is 18.7. The molecule has 0 spiro atoms. The summed E-state index contributed by atoms with van der Waals surface area (Å²) in [5, 5.41) is 5.14. The van der Waals surface area contributed by atoms with Crippen molar-refractivity contribution in [1.29, 1.82) is 0 Å². The van der Waals surface area contributed by atoms with Gasteiger partial charge in [-0.1, -0.05) is 38.8 Å². The number of nitrogens with one attached hydrogen (secondary N) is 1. The fraction of sp³-hybridized carbons (Fsp3) is 0.415. The summed E-state index contributed by atoms with van der Waals surface area (Å²) in [6.07, 6.45) is 7.55. The van der Waals surface area contributed by atoms with E-state index in [0.717, 1.165) is 106 Å². The Morgan fingerprint density at radius 2 is 1.68 bits per heavy atom. The predicted octanol–water partition coefficient (Wildman–Crippen LogP) is 8.19. The first-order chi connectivity index (χ1) is 25.7. The van der Waals surface area contributed by atoms with E-state index in [1.54, 1.807) is 19.1 Å². The van der Waals surface area contributed by atoms with E-state index in [4.69, 9.17) is 19.9 Å². The molecule has 280 valence electrons. The highest BCUT2D eigenvalue weighted by Crippen LogP contribution is 2.38. The summed E-state index contributed by atoms with van der Waals surface area (Å²) in [6.45, 7) is 11.4. The molecule has 3 N–H and O–H groups in total. The van der Waals surface area contributed by atoms with Gasteiger partial charge in [0.1, 0.15) is 23.0 Å². The lowest BCUT2D eigenvalue weighted by Crippen LogP contribution is -2.49. The molecule has 12 heteroatoms. The van der Waals surface area contributed by atoms with Crippen LogP contribution in [0.5, 0.6) is 17.2 Å². The molecule has 4 heterocycles. The number of H-pyrrole nitrogens is 1. The first kappa shape index (κ1) is 36.4. The van der Waals surface area contributed by atoms with E-state index in [1.807, 2.05) is 12.1 Å². The Bertz CT molecular complexity index is 2060. The van der Waals surface area contributed by atoms with E-state index in [-0.39, 0.29) is 40.5 Å². The van der Waals surface area contributed by atoms with Gasteiger partial charge in [-0.2, -0.15) is 5.10 Å². The molecule has 3 aromatic carbocycles. The number of para-hydroxylation sites is 1. The number of halogens is 2. The van der Waals surface area contributed by atoms with Crippen LogP contribution in [-0.4, -0.2) is 77.0 Å². The molecule has 0 atom stereocenters. The molecule has 0 amide bonds. The maximum absolute atomic E-state index is 15.5. The van der Waals surface area contributed by atoms with Crippen molar-refractivity contribution < 1.29 is 27.8 Å². The number of ether oxygens (including phenoxy) is 3. The molecule has 0 saturated carbocycles. The number of nitrogens with zero attached hydrogens (tertiary/aromatic N) is 4. The fourth-order valence-corrected chi connectivity index (χ4v) is 7.55. The number of fused-ring (bicyclic) bond motifs is 1. The third kappa shape index (κ3) is 7.75. The Kier molecular flexibility index (Phi) is 11.0. The summed E-state index contributed by atoms with van der Waals surface area (Å²) in [6, 6.07) is 15.1. The number of morpholine rings is 1. The van der Waals surface area contributed by atoms with Crippen molar-refractivity contribution in [2.75, 3.05) is 50.0 Å². The van der Waals surface area contributed by atoms with Gasteiger partial charge < -0.3 is 29.8 Å². The number of piperidine rings is 1. The Hall–Kier alpha value is -4.94. The summed E-state index contributed by atoms with van der Waals surface area (Å²) in [7, 11) is 0. The highest BCUT2D eigenvalue weighted by atomic mass is 19.1. The van der Waals surface area contributed by atoms with Crippen molar-refractivity contribution in [3.63, 3.8) is 0 Å². The number of ketones is 1. The Morgan fingerprint density at radius 3 is 2.40 bits per heavy atom. The first-order valence-corrected chi connectivity index (χ1v) is 18.7. The van der Waals surface area contributed by atoms with E-state index in [0.29, 0.717) is 17.3 Å². The molecule has 2 fully saturated rings. The molecule has 2 aliphatic rings. The van der Waals surface area contributed by atoms with Crippen LogP contribution in [0.2, 0.25) is 0 Å². The molecule has 0 aliphatic carbocycles. The molecule has 10 nitrogen and oxygen atoms in total. The van der Waals surface area contributed by atoms with Crippen molar-refractivity contribution >= 4 is 28.2 Å². The zero-order valence-electron chi connectivity index (χ0n) is 30.7. The lowest BCUT2D eigenvalue weighted by molar-refractivity contribution is 0.0115. The van der Waals surface area contributed by atoms with Gasteiger partial charge in [-0.3, -0.25) is 9.69 Å². The number of carbonyl (C=O) groups excluding carboxylic acids is 1. The minimum Gasteiger partial charge on any atom is -0.488 e. The van der Waals surface area contributed by atoms with Gasteiger partial charge in [-0.15, -0.1) is 0 Å². The molecule has 7 rings (SSSR count). The number of aromatic nitrogens is 3. The number of nitrogen functional groups attached to an aromatic ring is 1. The molecule has 0 unspecified atom stereocenters. The molecule has 2 aromatic heterocycles. The van der Waals surface area contributed by atoms with Gasteiger partial charge in [0.25, 0.3) is 0 Å². The van der Waals surface area contributed by atoms with Gasteiger partial charge >= 0.3 is 0 Å². The quantitative estimate of drug-likeness (QED) is 0.117.